The molecule has 1 spiro atoms. The van der Waals surface area contributed by atoms with Gasteiger partial charge in [0.1, 0.15) is 0 Å². The minimum atomic E-state index is -0.220. The molecule has 4 rings (SSSR count). The van der Waals surface area contributed by atoms with E-state index in [1.807, 2.05) is 11.0 Å². The van der Waals surface area contributed by atoms with E-state index in [0.717, 1.165) is 31.5 Å². The van der Waals surface area contributed by atoms with Crippen LogP contribution in [0.15, 0.2) is 36.7 Å². The number of piperidine rings is 1. The number of H-pyrrole nitrogens is 1. The summed E-state index contributed by atoms with van der Waals surface area (Å²) in [6, 6.07) is 8.94. The van der Waals surface area contributed by atoms with Crippen molar-refractivity contribution in [1.29, 1.82) is 0 Å². The number of amides is 2. The van der Waals surface area contributed by atoms with Crippen LogP contribution in [0.25, 0.3) is 0 Å². The highest BCUT2D eigenvalue weighted by Crippen LogP contribution is 2.35. The smallest absolute Gasteiger partial charge is 0.251 e. The molecule has 1 fully saturated rings. The van der Waals surface area contributed by atoms with Crippen LogP contribution < -0.4 is 10.6 Å². The van der Waals surface area contributed by atoms with Crippen LogP contribution >= 0.6 is 0 Å². The summed E-state index contributed by atoms with van der Waals surface area (Å²) >= 11 is 0. The zero-order chi connectivity index (χ0) is 18.0. The highest BCUT2D eigenvalue weighted by molar-refractivity contribution is 5.96. The standard InChI is InChI=1S/C19H23N5O2/c25-16(12-20-18(26)14-4-2-1-3-5-14)24-10-7-19(8-11-24)17-15(6-9-23-19)21-13-22-17/h1-5,13,23H,6-12H2,(H,20,26)(H,21,22). The molecule has 0 saturated carbocycles. The number of nitrogens with one attached hydrogen (secondary N) is 3. The van der Waals surface area contributed by atoms with Crippen LogP contribution in [0.1, 0.15) is 34.6 Å². The van der Waals surface area contributed by atoms with Gasteiger partial charge in [-0.05, 0) is 25.0 Å². The van der Waals surface area contributed by atoms with E-state index in [-0.39, 0.29) is 23.9 Å². The number of benzene rings is 1. The molecule has 0 atom stereocenters. The van der Waals surface area contributed by atoms with Gasteiger partial charge in [-0.3, -0.25) is 9.59 Å². The van der Waals surface area contributed by atoms with Crippen LogP contribution in [-0.4, -0.2) is 52.9 Å². The topological polar surface area (TPSA) is 90.1 Å². The van der Waals surface area contributed by atoms with E-state index >= 15 is 0 Å². The van der Waals surface area contributed by atoms with Crippen molar-refractivity contribution < 1.29 is 9.59 Å². The molecule has 2 aliphatic rings. The summed E-state index contributed by atoms with van der Waals surface area (Å²) in [5.41, 5.74) is 2.75. The summed E-state index contributed by atoms with van der Waals surface area (Å²) in [5.74, 6) is -0.260. The van der Waals surface area contributed by atoms with Crippen molar-refractivity contribution in [3.05, 3.63) is 53.6 Å². The maximum Gasteiger partial charge on any atom is 0.251 e. The summed E-state index contributed by atoms with van der Waals surface area (Å²) in [6.45, 7) is 2.29. The number of hydrogen-bond donors (Lipinski definition) is 3. The Morgan fingerprint density at radius 2 is 1.96 bits per heavy atom. The minimum Gasteiger partial charge on any atom is -0.348 e. The Hall–Kier alpha value is -2.67. The van der Waals surface area contributed by atoms with Gasteiger partial charge < -0.3 is 20.5 Å². The number of carbonyl (C=O) groups is 2. The van der Waals surface area contributed by atoms with Crippen molar-refractivity contribution in [2.24, 2.45) is 0 Å². The molecule has 3 N–H and O–H groups in total. The molecule has 7 heteroatoms. The van der Waals surface area contributed by atoms with Crippen LogP contribution in [0.3, 0.4) is 0 Å². The molecular weight excluding hydrogens is 330 g/mol. The summed E-state index contributed by atoms with van der Waals surface area (Å²) in [5, 5.41) is 6.33. The van der Waals surface area contributed by atoms with Gasteiger partial charge in [0.05, 0.1) is 24.1 Å². The van der Waals surface area contributed by atoms with Gasteiger partial charge in [-0.2, -0.15) is 0 Å². The van der Waals surface area contributed by atoms with Gasteiger partial charge in [0.15, 0.2) is 0 Å². The normalized spacial score (nSPS) is 18.4. The largest absolute Gasteiger partial charge is 0.348 e. The zero-order valence-corrected chi connectivity index (χ0v) is 14.6. The monoisotopic (exact) mass is 353 g/mol. The molecule has 136 valence electrons. The van der Waals surface area contributed by atoms with Crippen molar-refractivity contribution >= 4 is 11.8 Å². The quantitative estimate of drug-likeness (QED) is 0.761. The first-order chi connectivity index (χ1) is 12.7. The molecule has 2 aromatic rings. The molecule has 0 aliphatic carbocycles. The van der Waals surface area contributed by atoms with E-state index in [4.69, 9.17) is 0 Å². The average Bonchev–Trinajstić information content (AvgIpc) is 3.18. The Labute approximate surface area is 152 Å². The lowest BCUT2D eigenvalue weighted by Gasteiger charge is -2.44. The summed E-state index contributed by atoms with van der Waals surface area (Å²) in [6.07, 6.45) is 4.40. The van der Waals surface area contributed by atoms with Gasteiger partial charge in [-0.25, -0.2) is 4.98 Å². The number of likely N-dealkylation sites (tertiary alicyclic amines) is 1. The molecule has 1 saturated heterocycles. The summed E-state index contributed by atoms with van der Waals surface area (Å²) in [7, 11) is 0. The Morgan fingerprint density at radius 3 is 2.73 bits per heavy atom. The van der Waals surface area contributed by atoms with Crippen molar-refractivity contribution in [1.82, 2.24) is 25.5 Å². The van der Waals surface area contributed by atoms with E-state index in [2.05, 4.69) is 20.6 Å². The number of nitrogens with zero attached hydrogens (tertiary/aromatic N) is 2. The van der Waals surface area contributed by atoms with Crippen LogP contribution in [0.4, 0.5) is 0 Å². The Balaban J connectivity index is 1.33. The second-order valence-corrected chi connectivity index (χ2v) is 6.92. The number of imidazole rings is 1. The molecule has 0 radical (unpaired) electrons. The van der Waals surface area contributed by atoms with Crippen molar-refractivity contribution in [3.8, 4) is 0 Å². The number of aromatic nitrogens is 2. The molecule has 1 aromatic heterocycles. The van der Waals surface area contributed by atoms with E-state index in [1.54, 1.807) is 30.6 Å². The Kier molecular flexibility index (Phi) is 4.46. The van der Waals surface area contributed by atoms with Crippen molar-refractivity contribution in [3.63, 3.8) is 0 Å². The predicted molar refractivity (Wildman–Crippen MR) is 96.6 cm³/mol. The first kappa shape index (κ1) is 16.8. The molecule has 0 bridgehead atoms. The number of aromatic amines is 1. The molecule has 3 heterocycles. The number of carbonyl (C=O) groups excluding carboxylic acids is 2. The van der Waals surface area contributed by atoms with E-state index in [9.17, 15) is 9.59 Å². The molecule has 26 heavy (non-hydrogen) atoms. The van der Waals surface area contributed by atoms with E-state index < -0.39 is 0 Å². The molecular formula is C19H23N5O2. The third-order valence-corrected chi connectivity index (χ3v) is 5.42. The highest BCUT2D eigenvalue weighted by Gasteiger charge is 2.41. The minimum absolute atomic E-state index is 0.0296. The van der Waals surface area contributed by atoms with Crippen LogP contribution in [0.5, 0.6) is 0 Å². The SMILES string of the molecule is O=C(NCC(=O)N1CCC2(CC1)NCCc1[nH]cnc12)c1ccccc1. The predicted octanol–water partition coefficient (Wildman–Crippen LogP) is 0.803. The van der Waals surface area contributed by atoms with Crippen molar-refractivity contribution in [2.75, 3.05) is 26.2 Å². The first-order valence-corrected chi connectivity index (χ1v) is 9.07. The number of fused-ring (bicyclic) bond motifs is 2. The summed E-state index contributed by atoms with van der Waals surface area (Å²) in [4.78, 5) is 34.1. The van der Waals surface area contributed by atoms with Gasteiger partial charge in [0, 0.05) is 37.3 Å². The fraction of sp³-hybridized carbons (Fsp3) is 0.421. The Bertz CT molecular complexity index is 793. The van der Waals surface area contributed by atoms with Crippen LogP contribution in [0.2, 0.25) is 0 Å². The second-order valence-electron chi connectivity index (χ2n) is 6.92. The van der Waals surface area contributed by atoms with Crippen molar-refractivity contribution in [2.45, 2.75) is 24.8 Å². The lowest BCUT2D eigenvalue weighted by molar-refractivity contribution is -0.132. The van der Waals surface area contributed by atoms with Gasteiger partial charge in [-0.1, -0.05) is 18.2 Å². The van der Waals surface area contributed by atoms with Gasteiger partial charge >= 0.3 is 0 Å². The molecule has 0 unspecified atom stereocenters. The zero-order valence-electron chi connectivity index (χ0n) is 14.6. The molecule has 7 nitrogen and oxygen atoms in total. The molecule has 1 aromatic carbocycles. The number of hydrogen-bond acceptors (Lipinski definition) is 4. The third-order valence-electron chi connectivity index (χ3n) is 5.42. The van der Waals surface area contributed by atoms with Crippen LogP contribution in [-0.2, 0) is 16.8 Å². The van der Waals surface area contributed by atoms with E-state index in [1.165, 1.54) is 5.69 Å². The lowest BCUT2D eigenvalue weighted by Crippen LogP contribution is -2.56. The van der Waals surface area contributed by atoms with E-state index in [0.29, 0.717) is 18.7 Å². The first-order valence-electron chi connectivity index (χ1n) is 9.07. The molecule has 2 aliphatic heterocycles. The lowest BCUT2D eigenvalue weighted by atomic mass is 9.80. The van der Waals surface area contributed by atoms with Crippen LogP contribution in [0, 0.1) is 0 Å². The third kappa shape index (κ3) is 3.10. The summed E-state index contributed by atoms with van der Waals surface area (Å²) < 4.78 is 0. The maximum absolute atomic E-state index is 12.5. The Morgan fingerprint density at radius 1 is 1.19 bits per heavy atom. The average molecular weight is 353 g/mol. The fourth-order valence-electron chi connectivity index (χ4n) is 3.95. The van der Waals surface area contributed by atoms with Gasteiger partial charge in [0.2, 0.25) is 5.91 Å². The molecule has 2 amide bonds. The highest BCUT2D eigenvalue weighted by atomic mass is 16.2. The fourth-order valence-corrected chi connectivity index (χ4v) is 3.95. The second kappa shape index (κ2) is 6.92. The maximum atomic E-state index is 12.5. The van der Waals surface area contributed by atoms with Gasteiger partial charge in [-0.15, -0.1) is 0 Å². The number of rotatable bonds is 3. The van der Waals surface area contributed by atoms with Gasteiger partial charge in [0.25, 0.3) is 5.91 Å².